The van der Waals surface area contributed by atoms with Gasteiger partial charge in [-0.25, -0.2) is 14.6 Å². The maximum atomic E-state index is 12.0. The summed E-state index contributed by atoms with van der Waals surface area (Å²) in [4.78, 5) is 20.1. The molecular weight excluding hydrogens is 250 g/mol. The monoisotopic (exact) mass is 265 g/mol. The number of nitrogens with one attached hydrogen (secondary N) is 1. The van der Waals surface area contributed by atoms with E-state index in [0.29, 0.717) is 11.0 Å². The standard InChI is InChI=1S/C11H15N5OS/c1-7(2)9-4-18-11(14-9)15-10(17)8(3)16-6-12-5-13-16/h4-8H,1-3H3,(H,14,15,17). The van der Waals surface area contributed by atoms with E-state index in [1.54, 1.807) is 6.92 Å². The number of carbonyl (C=O) groups excluding carboxylic acids is 1. The van der Waals surface area contributed by atoms with E-state index < -0.39 is 6.04 Å². The molecular formula is C11H15N5OS. The molecule has 0 bridgehead atoms. The number of thiazole rings is 1. The number of rotatable bonds is 4. The van der Waals surface area contributed by atoms with Gasteiger partial charge in [-0.05, 0) is 12.8 Å². The first-order valence-electron chi connectivity index (χ1n) is 5.68. The van der Waals surface area contributed by atoms with Crippen molar-refractivity contribution in [3.63, 3.8) is 0 Å². The first kappa shape index (κ1) is 12.7. The number of carbonyl (C=O) groups is 1. The summed E-state index contributed by atoms with van der Waals surface area (Å²) in [6.45, 7) is 5.90. The second kappa shape index (κ2) is 5.26. The molecule has 6 nitrogen and oxygen atoms in total. The summed E-state index contributed by atoms with van der Waals surface area (Å²) in [6, 6.07) is -0.404. The number of amides is 1. The smallest absolute Gasteiger partial charge is 0.250 e. The number of nitrogens with zero attached hydrogens (tertiary/aromatic N) is 4. The van der Waals surface area contributed by atoms with E-state index in [1.165, 1.54) is 28.7 Å². The Bertz CT molecular complexity index is 519. The molecule has 96 valence electrons. The van der Waals surface area contributed by atoms with Gasteiger partial charge in [-0.15, -0.1) is 11.3 Å². The van der Waals surface area contributed by atoms with Crippen molar-refractivity contribution in [2.75, 3.05) is 5.32 Å². The van der Waals surface area contributed by atoms with Gasteiger partial charge in [-0.2, -0.15) is 5.10 Å². The van der Waals surface area contributed by atoms with E-state index >= 15 is 0 Å². The topological polar surface area (TPSA) is 72.7 Å². The van der Waals surface area contributed by atoms with Gasteiger partial charge in [0.2, 0.25) is 0 Å². The third-order valence-electron chi connectivity index (χ3n) is 2.56. The Labute approximate surface area is 109 Å². The van der Waals surface area contributed by atoms with Gasteiger partial charge in [-0.1, -0.05) is 13.8 Å². The molecule has 2 aromatic rings. The zero-order chi connectivity index (χ0) is 13.1. The van der Waals surface area contributed by atoms with Gasteiger partial charge < -0.3 is 5.32 Å². The summed E-state index contributed by atoms with van der Waals surface area (Å²) in [7, 11) is 0. The van der Waals surface area contributed by atoms with Crippen molar-refractivity contribution >= 4 is 22.4 Å². The zero-order valence-corrected chi connectivity index (χ0v) is 11.3. The molecule has 0 aliphatic heterocycles. The molecule has 0 fully saturated rings. The summed E-state index contributed by atoms with van der Waals surface area (Å²) < 4.78 is 1.51. The molecule has 2 heterocycles. The van der Waals surface area contributed by atoms with E-state index in [0.717, 1.165) is 5.69 Å². The minimum absolute atomic E-state index is 0.148. The molecule has 2 aromatic heterocycles. The molecule has 1 unspecified atom stereocenters. The minimum Gasteiger partial charge on any atom is -0.300 e. The molecule has 0 spiro atoms. The normalized spacial score (nSPS) is 12.7. The second-order valence-electron chi connectivity index (χ2n) is 4.27. The van der Waals surface area contributed by atoms with Crippen molar-refractivity contribution < 1.29 is 4.79 Å². The van der Waals surface area contributed by atoms with Crippen LogP contribution in [0.3, 0.4) is 0 Å². The van der Waals surface area contributed by atoms with Crippen molar-refractivity contribution in [3.8, 4) is 0 Å². The van der Waals surface area contributed by atoms with Crippen LogP contribution in [0.25, 0.3) is 0 Å². The summed E-state index contributed by atoms with van der Waals surface area (Å²) >= 11 is 1.43. The van der Waals surface area contributed by atoms with Crippen LogP contribution in [-0.2, 0) is 4.79 Å². The lowest BCUT2D eigenvalue weighted by Crippen LogP contribution is -2.24. The van der Waals surface area contributed by atoms with Crippen LogP contribution in [0.2, 0.25) is 0 Å². The minimum atomic E-state index is -0.404. The largest absolute Gasteiger partial charge is 0.300 e. The summed E-state index contributed by atoms with van der Waals surface area (Å²) in [5.41, 5.74) is 0.990. The van der Waals surface area contributed by atoms with Crippen molar-refractivity contribution in [1.82, 2.24) is 19.7 Å². The van der Waals surface area contributed by atoms with Crippen LogP contribution >= 0.6 is 11.3 Å². The molecule has 2 rings (SSSR count). The number of hydrogen-bond acceptors (Lipinski definition) is 5. The van der Waals surface area contributed by atoms with Crippen molar-refractivity contribution in [3.05, 3.63) is 23.7 Å². The van der Waals surface area contributed by atoms with Gasteiger partial charge >= 0.3 is 0 Å². The van der Waals surface area contributed by atoms with Crippen LogP contribution in [-0.4, -0.2) is 25.7 Å². The van der Waals surface area contributed by atoms with Crippen LogP contribution in [0.5, 0.6) is 0 Å². The fourth-order valence-electron chi connectivity index (χ4n) is 1.36. The Hall–Kier alpha value is -1.76. The average molecular weight is 265 g/mol. The van der Waals surface area contributed by atoms with E-state index in [1.807, 2.05) is 5.38 Å². The molecule has 1 N–H and O–H groups in total. The summed E-state index contributed by atoms with van der Waals surface area (Å²) in [5, 5.41) is 9.30. The molecule has 0 aliphatic carbocycles. The zero-order valence-electron chi connectivity index (χ0n) is 10.5. The van der Waals surface area contributed by atoms with E-state index in [2.05, 4.69) is 34.2 Å². The summed E-state index contributed by atoms with van der Waals surface area (Å²) in [5.74, 6) is 0.213. The van der Waals surface area contributed by atoms with Gasteiger partial charge in [0.05, 0.1) is 5.69 Å². The van der Waals surface area contributed by atoms with Gasteiger partial charge in [0.15, 0.2) is 5.13 Å². The molecule has 0 saturated heterocycles. The van der Waals surface area contributed by atoms with Crippen LogP contribution < -0.4 is 5.32 Å². The molecule has 0 aliphatic rings. The highest BCUT2D eigenvalue weighted by Gasteiger charge is 2.17. The van der Waals surface area contributed by atoms with Gasteiger partial charge in [0.1, 0.15) is 18.7 Å². The molecule has 1 amide bonds. The average Bonchev–Trinajstić information content (AvgIpc) is 2.98. The molecule has 0 radical (unpaired) electrons. The number of hydrogen-bond donors (Lipinski definition) is 1. The van der Waals surface area contributed by atoms with Crippen molar-refractivity contribution in [2.24, 2.45) is 0 Å². The van der Waals surface area contributed by atoms with Gasteiger partial charge in [0, 0.05) is 5.38 Å². The van der Waals surface area contributed by atoms with Crippen molar-refractivity contribution in [2.45, 2.75) is 32.7 Å². The van der Waals surface area contributed by atoms with Gasteiger partial charge in [-0.3, -0.25) is 4.79 Å². The highest BCUT2D eigenvalue weighted by Crippen LogP contribution is 2.22. The Kier molecular flexibility index (Phi) is 3.71. The number of aromatic nitrogens is 4. The quantitative estimate of drug-likeness (QED) is 0.918. The molecule has 0 aromatic carbocycles. The summed E-state index contributed by atoms with van der Waals surface area (Å²) in [6.07, 6.45) is 2.93. The number of anilines is 1. The fourth-order valence-corrected chi connectivity index (χ4v) is 2.23. The van der Waals surface area contributed by atoms with Crippen LogP contribution in [0.4, 0.5) is 5.13 Å². The lowest BCUT2D eigenvalue weighted by Gasteiger charge is -2.10. The molecule has 0 saturated carbocycles. The SMILES string of the molecule is CC(C)c1csc(NC(=O)C(C)n2cncn2)n1. The Balaban J connectivity index is 2.02. The Morgan fingerprint density at radius 1 is 1.44 bits per heavy atom. The molecule has 18 heavy (non-hydrogen) atoms. The van der Waals surface area contributed by atoms with Gasteiger partial charge in [0.25, 0.3) is 5.91 Å². The van der Waals surface area contributed by atoms with Crippen LogP contribution in [0, 0.1) is 0 Å². The predicted molar refractivity (Wildman–Crippen MR) is 69.6 cm³/mol. The van der Waals surface area contributed by atoms with E-state index in [-0.39, 0.29) is 5.91 Å². The third-order valence-corrected chi connectivity index (χ3v) is 3.33. The maximum Gasteiger partial charge on any atom is 0.250 e. The van der Waals surface area contributed by atoms with E-state index in [4.69, 9.17) is 0 Å². The highest BCUT2D eigenvalue weighted by atomic mass is 32.1. The predicted octanol–water partition coefficient (Wildman–Crippen LogP) is 2.06. The second-order valence-corrected chi connectivity index (χ2v) is 5.13. The fraction of sp³-hybridized carbons (Fsp3) is 0.455. The lowest BCUT2D eigenvalue weighted by molar-refractivity contribution is -0.119. The first-order valence-corrected chi connectivity index (χ1v) is 6.56. The maximum absolute atomic E-state index is 12.0. The van der Waals surface area contributed by atoms with Crippen molar-refractivity contribution in [1.29, 1.82) is 0 Å². The lowest BCUT2D eigenvalue weighted by atomic mass is 10.2. The Morgan fingerprint density at radius 3 is 2.78 bits per heavy atom. The Morgan fingerprint density at radius 2 is 2.22 bits per heavy atom. The first-order chi connectivity index (χ1) is 8.58. The van der Waals surface area contributed by atoms with E-state index in [9.17, 15) is 4.79 Å². The molecule has 1 atom stereocenters. The third kappa shape index (κ3) is 2.73. The molecule has 7 heteroatoms. The highest BCUT2D eigenvalue weighted by molar-refractivity contribution is 7.13. The van der Waals surface area contributed by atoms with Crippen LogP contribution in [0.1, 0.15) is 38.4 Å². The van der Waals surface area contributed by atoms with Crippen LogP contribution in [0.15, 0.2) is 18.0 Å².